The zero-order valence-corrected chi connectivity index (χ0v) is 20.0. The molecule has 0 aromatic rings. The number of carboxylic acids is 5. The molecule has 0 fully saturated rings. The second kappa shape index (κ2) is 25.1. The van der Waals surface area contributed by atoms with Crippen LogP contribution in [0.25, 0.3) is 0 Å². The van der Waals surface area contributed by atoms with Crippen molar-refractivity contribution in [2.45, 2.75) is 63.3 Å². The molecule has 0 amide bonds. The number of carboxylic acid groups (broad SMARTS) is 5. The Labute approximate surface area is 201 Å². The van der Waals surface area contributed by atoms with Crippen LogP contribution in [0.1, 0.15) is 39.0 Å². The minimum Gasteiger partial charge on any atom is -0.481 e. The van der Waals surface area contributed by atoms with Gasteiger partial charge in [-0.25, -0.2) is 0 Å². The van der Waals surface area contributed by atoms with Crippen LogP contribution in [0.5, 0.6) is 0 Å². The predicted octanol–water partition coefficient (Wildman–Crippen LogP) is -2.00. The molecule has 4 atom stereocenters. The first kappa shape index (κ1) is 38.7. The van der Waals surface area contributed by atoms with E-state index in [2.05, 4.69) is 0 Å². The standard InChI is InChI=1S/C5H12N2O2.C5H11NO2S.C4H9NO3.C4H6O4/c6-3-1-2-4(7)5(8)9;1-9-3-2-4(6)5(7)8;1-2(6)3(5)4(7)8;5-3(6)1-2-4(7)8/h4H,1-3,6-7H2,(H,8,9);4H,2-3,6H2,1H3,(H,7,8);2-3,6H,5H2,1H3,(H,7,8);1-2H2,(H,5,6)(H,7,8). The molecule has 16 heteroatoms. The summed E-state index contributed by atoms with van der Waals surface area (Å²) in [5, 5.41) is 48.9. The van der Waals surface area contributed by atoms with E-state index in [-0.39, 0.29) is 12.8 Å². The highest BCUT2D eigenvalue weighted by molar-refractivity contribution is 7.98. The quantitative estimate of drug-likeness (QED) is 0.126. The van der Waals surface area contributed by atoms with Gasteiger partial charge >= 0.3 is 29.8 Å². The molecular formula is C18H38N4O11S. The summed E-state index contributed by atoms with van der Waals surface area (Å²) in [5.74, 6) is -4.39. The van der Waals surface area contributed by atoms with E-state index in [9.17, 15) is 24.0 Å². The van der Waals surface area contributed by atoms with E-state index in [0.717, 1.165) is 5.75 Å². The number of rotatable bonds is 13. The summed E-state index contributed by atoms with van der Waals surface area (Å²) in [6, 6.07) is -2.58. The first-order chi connectivity index (χ1) is 15.5. The van der Waals surface area contributed by atoms with Crippen molar-refractivity contribution in [1.29, 1.82) is 0 Å². The third-order valence-corrected chi connectivity index (χ3v) is 3.99. The molecule has 15 nitrogen and oxygen atoms in total. The lowest BCUT2D eigenvalue weighted by Gasteiger charge is -2.06. The van der Waals surface area contributed by atoms with Crippen molar-refractivity contribution in [3.05, 3.63) is 0 Å². The lowest BCUT2D eigenvalue weighted by molar-refractivity contribution is -0.143. The summed E-state index contributed by atoms with van der Waals surface area (Å²) in [4.78, 5) is 49.2. The maximum Gasteiger partial charge on any atom is 0.323 e. The molecule has 4 unspecified atom stereocenters. The first-order valence-electron chi connectivity index (χ1n) is 9.80. The molecule has 0 saturated heterocycles. The molecule has 202 valence electrons. The summed E-state index contributed by atoms with van der Waals surface area (Å²) in [6.45, 7) is 1.83. The summed E-state index contributed by atoms with van der Waals surface area (Å²) < 4.78 is 0. The maximum absolute atomic E-state index is 10.1. The van der Waals surface area contributed by atoms with E-state index in [0.29, 0.717) is 25.8 Å². The van der Waals surface area contributed by atoms with E-state index in [1.165, 1.54) is 6.92 Å². The maximum atomic E-state index is 10.1. The molecule has 0 spiro atoms. The average molecular weight is 519 g/mol. The second-order valence-corrected chi connectivity index (χ2v) is 7.48. The Morgan fingerprint density at radius 2 is 1.15 bits per heavy atom. The third kappa shape index (κ3) is 34.1. The topological polar surface area (TPSA) is 311 Å². The molecule has 0 heterocycles. The molecule has 0 aliphatic rings. The van der Waals surface area contributed by atoms with Crippen LogP contribution in [-0.2, 0) is 24.0 Å². The monoisotopic (exact) mass is 518 g/mol. The summed E-state index contributed by atoms with van der Waals surface area (Å²) in [5.41, 5.74) is 20.4. The first-order valence-corrected chi connectivity index (χ1v) is 11.2. The van der Waals surface area contributed by atoms with Crippen LogP contribution in [0.3, 0.4) is 0 Å². The van der Waals surface area contributed by atoms with Crippen molar-refractivity contribution in [3.8, 4) is 0 Å². The number of hydrogen-bond donors (Lipinski definition) is 10. The van der Waals surface area contributed by atoms with Crippen LogP contribution in [-0.4, -0.2) is 103 Å². The Balaban J connectivity index is -0.000000177. The van der Waals surface area contributed by atoms with Gasteiger partial charge in [0.05, 0.1) is 18.9 Å². The minimum atomic E-state index is -1.18. The van der Waals surface area contributed by atoms with Crippen molar-refractivity contribution in [2.24, 2.45) is 22.9 Å². The van der Waals surface area contributed by atoms with Gasteiger partial charge in [0, 0.05) is 0 Å². The highest BCUT2D eigenvalue weighted by Gasteiger charge is 2.16. The Morgan fingerprint density at radius 3 is 1.35 bits per heavy atom. The Hall–Kier alpha value is -2.50. The molecular weight excluding hydrogens is 480 g/mol. The van der Waals surface area contributed by atoms with Gasteiger partial charge in [-0.15, -0.1) is 0 Å². The Bertz CT molecular complexity index is 556. The largest absolute Gasteiger partial charge is 0.481 e. The van der Waals surface area contributed by atoms with Crippen LogP contribution < -0.4 is 22.9 Å². The van der Waals surface area contributed by atoms with Crippen molar-refractivity contribution in [3.63, 3.8) is 0 Å². The van der Waals surface area contributed by atoms with Gasteiger partial charge in [-0.2, -0.15) is 11.8 Å². The van der Waals surface area contributed by atoms with Gasteiger partial charge in [0.2, 0.25) is 0 Å². The Kier molecular flexibility index (Phi) is 28.6. The lowest BCUT2D eigenvalue weighted by Crippen LogP contribution is -2.39. The van der Waals surface area contributed by atoms with Crippen molar-refractivity contribution in [2.75, 3.05) is 18.6 Å². The van der Waals surface area contributed by atoms with E-state index in [1.807, 2.05) is 6.26 Å². The summed E-state index contributed by atoms with van der Waals surface area (Å²) in [6.07, 6.45) is 2.04. The number of hydrogen-bond acceptors (Lipinski definition) is 11. The highest BCUT2D eigenvalue weighted by atomic mass is 32.2. The smallest absolute Gasteiger partial charge is 0.323 e. The molecule has 14 N–H and O–H groups in total. The van der Waals surface area contributed by atoms with Crippen molar-refractivity contribution < 1.29 is 54.6 Å². The molecule has 0 aliphatic heterocycles. The van der Waals surface area contributed by atoms with Gasteiger partial charge in [0.15, 0.2) is 0 Å². The fourth-order valence-electron chi connectivity index (χ4n) is 1.25. The average Bonchev–Trinajstić information content (AvgIpc) is 2.74. The SMILES string of the molecule is CC(O)C(N)C(=O)O.CSCCC(N)C(=O)O.NCCCC(N)C(=O)O.O=C(O)CCC(=O)O. The number of aliphatic carboxylic acids is 5. The van der Waals surface area contributed by atoms with Crippen molar-refractivity contribution >= 4 is 41.6 Å². The highest BCUT2D eigenvalue weighted by Crippen LogP contribution is 1.97. The number of carbonyl (C=O) groups is 5. The molecule has 0 aromatic carbocycles. The summed E-state index contributed by atoms with van der Waals surface area (Å²) in [7, 11) is 0. The van der Waals surface area contributed by atoms with Crippen molar-refractivity contribution in [1.82, 2.24) is 0 Å². The van der Waals surface area contributed by atoms with Crippen LogP contribution in [0, 0.1) is 0 Å². The second-order valence-electron chi connectivity index (χ2n) is 6.49. The fourth-order valence-corrected chi connectivity index (χ4v) is 1.74. The third-order valence-electron chi connectivity index (χ3n) is 3.34. The zero-order valence-electron chi connectivity index (χ0n) is 19.2. The fraction of sp³-hybridized carbons (Fsp3) is 0.722. The molecule has 0 aromatic heterocycles. The molecule has 0 radical (unpaired) electrons. The van der Waals surface area contributed by atoms with Gasteiger partial charge in [-0.05, 0) is 44.7 Å². The van der Waals surface area contributed by atoms with E-state index < -0.39 is 54.1 Å². The van der Waals surface area contributed by atoms with Crippen LogP contribution in [0.4, 0.5) is 0 Å². The van der Waals surface area contributed by atoms with E-state index in [1.54, 1.807) is 11.8 Å². The lowest BCUT2D eigenvalue weighted by atomic mass is 10.2. The molecule has 0 aliphatic carbocycles. The normalized spacial score (nSPS) is 13.0. The number of thioether (sulfide) groups is 1. The van der Waals surface area contributed by atoms with Gasteiger partial charge in [-0.3, -0.25) is 24.0 Å². The van der Waals surface area contributed by atoms with E-state index in [4.69, 9.17) is 53.6 Å². The summed E-state index contributed by atoms with van der Waals surface area (Å²) >= 11 is 1.60. The van der Waals surface area contributed by atoms with E-state index >= 15 is 0 Å². The minimum absolute atomic E-state index is 0.296. The van der Waals surface area contributed by atoms with Gasteiger partial charge in [0.1, 0.15) is 18.1 Å². The Morgan fingerprint density at radius 1 is 0.765 bits per heavy atom. The number of aliphatic hydroxyl groups excluding tert-OH is 1. The van der Waals surface area contributed by atoms with Crippen LogP contribution >= 0.6 is 11.8 Å². The number of aliphatic hydroxyl groups is 1. The molecule has 0 saturated carbocycles. The predicted molar refractivity (Wildman–Crippen MR) is 124 cm³/mol. The van der Waals surface area contributed by atoms with Gasteiger partial charge in [-0.1, -0.05) is 0 Å². The van der Waals surface area contributed by atoms with Gasteiger partial charge in [0.25, 0.3) is 0 Å². The molecule has 34 heavy (non-hydrogen) atoms. The number of nitrogens with two attached hydrogens (primary N) is 4. The molecule has 0 rings (SSSR count). The van der Waals surface area contributed by atoms with Gasteiger partial charge < -0.3 is 53.6 Å². The molecule has 0 bridgehead atoms. The van der Waals surface area contributed by atoms with Crippen LogP contribution in [0.15, 0.2) is 0 Å². The zero-order chi connectivity index (χ0) is 27.9. The van der Waals surface area contributed by atoms with Crippen LogP contribution in [0.2, 0.25) is 0 Å².